The van der Waals surface area contributed by atoms with Crippen molar-refractivity contribution in [2.24, 2.45) is 5.73 Å². The van der Waals surface area contributed by atoms with Crippen LogP contribution in [0.15, 0.2) is 36.4 Å². The van der Waals surface area contributed by atoms with Crippen LogP contribution >= 0.6 is 0 Å². The molecule has 2 N–H and O–H groups in total. The van der Waals surface area contributed by atoms with Gasteiger partial charge in [-0.2, -0.15) is 0 Å². The Hall–Kier alpha value is -1.34. The van der Waals surface area contributed by atoms with Gasteiger partial charge < -0.3 is 5.73 Å². The van der Waals surface area contributed by atoms with Crippen molar-refractivity contribution in [3.63, 3.8) is 0 Å². The molecule has 1 fully saturated rings. The van der Waals surface area contributed by atoms with E-state index in [0.717, 1.165) is 6.54 Å². The number of hydrogen-bond acceptors (Lipinski definition) is 1. The second-order valence-corrected chi connectivity index (χ2v) is 5.76. The first kappa shape index (κ1) is 11.7. The summed E-state index contributed by atoms with van der Waals surface area (Å²) in [6.45, 7) is 2.94. The summed E-state index contributed by atoms with van der Waals surface area (Å²) in [5.74, 6) is 0. The fourth-order valence-corrected chi connectivity index (χ4v) is 3.36. The fraction of sp³-hybridized carbons (Fsp3) is 0.412. The minimum Gasteiger partial charge on any atom is -0.330 e. The maximum absolute atomic E-state index is 6.07. The molecule has 18 heavy (non-hydrogen) atoms. The van der Waals surface area contributed by atoms with Gasteiger partial charge in [-0.05, 0) is 36.1 Å². The molecule has 3 rings (SSSR count). The molecule has 0 unspecified atom stereocenters. The van der Waals surface area contributed by atoms with Crippen LogP contribution < -0.4 is 5.73 Å². The van der Waals surface area contributed by atoms with Crippen LogP contribution in [-0.2, 0) is 5.41 Å². The second kappa shape index (κ2) is 4.40. The highest BCUT2D eigenvalue weighted by Crippen LogP contribution is 2.41. The molecular formula is C17H21N. The van der Waals surface area contributed by atoms with Gasteiger partial charge >= 0.3 is 0 Å². The summed E-state index contributed by atoms with van der Waals surface area (Å²) < 4.78 is 0. The Labute approximate surface area is 109 Å². The van der Waals surface area contributed by atoms with Gasteiger partial charge in [0, 0.05) is 12.0 Å². The van der Waals surface area contributed by atoms with E-state index >= 15 is 0 Å². The highest BCUT2D eigenvalue weighted by molar-refractivity contribution is 5.84. The summed E-state index contributed by atoms with van der Waals surface area (Å²) in [5.41, 5.74) is 9.09. The predicted molar refractivity (Wildman–Crippen MR) is 77.9 cm³/mol. The molecule has 0 spiro atoms. The summed E-state index contributed by atoms with van der Waals surface area (Å²) in [6, 6.07) is 13.6. The molecule has 0 aliphatic heterocycles. The van der Waals surface area contributed by atoms with E-state index in [4.69, 9.17) is 5.73 Å². The zero-order valence-corrected chi connectivity index (χ0v) is 11.1. The standard InChI is InChI=1S/C17H21N/c1-13-4-5-14-6-7-16(11-15(14)10-13)17(12-18)8-2-3-9-17/h4-7,10-11H,2-3,8-9,12,18H2,1H3. The molecule has 0 atom stereocenters. The van der Waals surface area contributed by atoms with Crippen molar-refractivity contribution in [2.75, 3.05) is 6.54 Å². The molecule has 0 aromatic heterocycles. The van der Waals surface area contributed by atoms with Crippen molar-refractivity contribution in [1.29, 1.82) is 0 Å². The lowest BCUT2D eigenvalue weighted by atomic mass is 9.78. The van der Waals surface area contributed by atoms with Crippen LogP contribution in [0.5, 0.6) is 0 Å². The summed E-state index contributed by atoms with van der Waals surface area (Å²) in [4.78, 5) is 0. The number of aryl methyl sites for hydroxylation is 1. The van der Waals surface area contributed by atoms with Crippen molar-refractivity contribution in [2.45, 2.75) is 38.0 Å². The average Bonchev–Trinajstić information content (AvgIpc) is 2.88. The third kappa shape index (κ3) is 1.83. The SMILES string of the molecule is Cc1ccc2ccc(C3(CN)CCCC3)cc2c1. The van der Waals surface area contributed by atoms with Crippen LogP contribution in [0.2, 0.25) is 0 Å². The Balaban J connectivity index is 2.12. The molecule has 1 heteroatoms. The van der Waals surface area contributed by atoms with Crippen LogP contribution in [0, 0.1) is 6.92 Å². The molecule has 1 aliphatic rings. The highest BCUT2D eigenvalue weighted by atomic mass is 14.6. The van der Waals surface area contributed by atoms with E-state index in [-0.39, 0.29) is 5.41 Å². The third-order valence-electron chi connectivity index (χ3n) is 4.56. The van der Waals surface area contributed by atoms with E-state index in [2.05, 4.69) is 43.3 Å². The fourth-order valence-electron chi connectivity index (χ4n) is 3.36. The number of rotatable bonds is 2. The molecule has 0 saturated heterocycles. The van der Waals surface area contributed by atoms with E-state index < -0.39 is 0 Å². The van der Waals surface area contributed by atoms with Gasteiger partial charge in [0.1, 0.15) is 0 Å². The summed E-state index contributed by atoms with van der Waals surface area (Å²) in [6.07, 6.45) is 5.15. The molecule has 2 aromatic rings. The third-order valence-corrected chi connectivity index (χ3v) is 4.56. The monoisotopic (exact) mass is 239 g/mol. The van der Waals surface area contributed by atoms with Crippen LogP contribution in [0.1, 0.15) is 36.8 Å². The van der Waals surface area contributed by atoms with Crippen LogP contribution in [0.4, 0.5) is 0 Å². The molecular weight excluding hydrogens is 218 g/mol. The lowest BCUT2D eigenvalue weighted by Crippen LogP contribution is -2.31. The lowest BCUT2D eigenvalue weighted by molar-refractivity contribution is 0.453. The highest BCUT2D eigenvalue weighted by Gasteiger charge is 2.34. The van der Waals surface area contributed by atoms with Crippen LogP contribution in [-0.4, -0.2) is 6.54 Å². The van der Waals surface area contributed by atoms with Gasteiger partial charge in [-0.3, -0.25) is 0 Å². The maximum Gasteiger partial charge on any atom is 0.00757 e. The first-order valence-electron chi connectivity index (χ1n) is 6.94. The molecule has 0 amide bonds. The molecule has 0 bridgehead atoms. The number of hydrogen-bond donors (Lipinski definition) is 1. The Morgan fingerprint density at radius 3 is 2.44 bits per heavy atom. The van der Waals surface area contributed by atoms with Crippen molar-refractivity contribution in [3.8, 4) is 0 Å². The van der Waals surface area contributed by atoms with E-state index in [1.54, 1.807) is 0 Å². The number of fused-ring (bicyclic) bond motifs is 1. The van der Waals surface area contributed by atoms with Crippen molar-refractivity contribution in [1.82, 2.24) is 0 Å². The zero-order valence-electron chi connectivity index (χ0n) is 11.1. The van der Waals surface area contributed by atoms with Gasteiger partial charge in [0.05, 0.1) is 0 Å². The van der Waals surface area contributed by atoms with Crippen LogP contribution in [0.25, 0.3) is 10.8 Å². The largest absolute Gasteiger partial charge is 0.330 e. The quantitative estimate of drug-likeness (QED) is 0.844. The minimum atomic E-state index is 0.248. The summed E-state index contributed by atoms with van der Waals surface area (Å²) >= 11 is 0. The molecule has 0 radical (unpaired) electrons. The van der Waals surface area contributed by atoms with E-state index in [0.29, 0.717) is 0 Å². The molecule has 94 valence electrons. The summed E-state index contributed by atoms with van der Waals surface area (Å²) in [7, 11) is 0. The van der Waals surface area contributed by atoms with Crippen molar-refractivity contribution < 1.29 is 0 Å². The molecule has 1 aliphatic carbocycles. The Morgan fingerprint density at radius 2 is 1.72 bits per heavy atom. The van der Waals surface area contributed by atoms with E-state index in [1.165, 1.54) is 47.6 Å². The number of nitrogens with two attached hydrogens (primary N) is 1. The normalized spacial score (nSPS) is 18.3. The first-order chi connectivity index (χ1) is 8.73. The van der Waals surface area contributed by atoms with Crippen molar-refractivity contribution in [3.05, 3.63) is 47.5 Å². The van der Waals surface area contributed by atoms with Crippen LogP contribution in [0.3, 0.4) is 0 Å². The second-order valence-electron chi connectivity index (χ2n) is 5.76. The minimum absolute atomic E-state index is 0.248. The molecule has 2 aromatic carbocycles. The average molecular weight is 239 g/mol. The Morgan fingerprint density at radius 1 is 1.00 bits per heavy atom. The van der Waals surface area contributed by atoms with Gasteiger partial charge in [0.25, 0.3) is 0 Å². The molecule has 0 heterocycles. The molecule has 1 nitrogen and oxygen atoms in total. The Kier molecular flexibility index (Phi) is 2.87. The van der Waals surface area contributed by atoms with Gasteiger partial charge in [0.15, 0.2) is 0 Å². The van der Waals surface area contributed by atoms with Gasteiger partial charge in [-0.15, -0.1) is 0 Å². The van der Waals surface area contributed by atoms with Gasteiger partial charge in [-0.25, -0.2) is 0 Å². The molecule has 1 saturated carbocycles. The van der Waals surface area contributed by atoms with Crippen molar-refractivity contribution >= 4 is 10.8 Å². The van der Waals surface area contributed by atoms with E-state index in [9.17, 15) is 0 Å². The Bertz CT molecular complexity index is 565. The maximum atomic E-state index is 6.07. The summed E-state index contributed by atoms with van der Waals surface area (Å²) in [5, 5.41) is 2.68. The van der Waals surface area contributed by atoms with Gasteiger partial charge in [-0.1, -0.05) is 54.8 Å². The lowest BCUT2D eigenvalue weighted by Gasteiger charge is -2.28. The van der Waals surface area contributed by atoms with Gasteiger partial charge in [0.2, 0.25) is 0 Å². The smallest absolute Gasteiger partial charge is 0.00757 e. The van der Waals surface area contributed by atoms with E-state index in [1.807, 2.05) is 0 Å². The topological polar surface area (TPSA) is 26.0 Å². The zero-order chi connectivity index (χ0) is 12.6. The number of benzene rings is 2. The predicted octanol–water partition coefficient (Wildman–Crippen LogP) is 3.92. The first-order valence-corrected chi connectivity index (χ1v) is 6.94.